The Morgan fingerprint density at radius 2 is 2.07 bits per heavy atom. The fourth-order valence-corrected chi connectivity index (χ4v) is 1.16. The number of aryl methyl sites for hydroxylation is 2. The highest BCUT2D eigenvalue weighted by Gasteiger charge is 2.12. The summed E-state index contributed by atoms with van der Waals surface area (Å²) in [5, 5.41) is 0. The largest absolute Gasteiger partial charge is 0.481 e. The molecule has 1 aromatic rings. The topological polar surface area (TPSA) is 64.3 Å². The lowest BCUT2D eigenvalue weighted by Gasteiger charge is -2.13. The summed E-state index contributed by atoms with van der Waals surface area (Å²) in [5.41, 5.74) is 4.37. The van der Waals surface area contributed by atoms with Crippen LogP contribution in [0.1, 0.15) is 18.1 Å². The molecule has 0 bridgehead atoms. The van der Waals surface area contributed by atoms with E-state index in [1.54, 1.807) is 6.92 Å². The first-order valence-corrected chi connectivity index (χ1v) is 4.79. The average Bonchev–Trinajstić information content (AvgIpc) is 2.22. The van der Waals surface area contributed by atoms with E-state index in [2.05, 4.69) is 0 Å². The number of ether oxygens (including phenoxy) is 1. The molecule has 0 saturated heterocycles. The van der Waals surface area contributed by atoms with Gasteiger partial charge < -0.3 is 4.74 Å². The minimum Gasteiger partial charge on any atom is -0.481 e. The summed E-state index contributed by atoms with van der Waals surface area (Å²) in [6.45, 7) is 5.67. The van der Waals surface area contributed by atoms with Crippen LogP contribution in [0.25, 0.3) is 0 Å². The lowest BCUT2D eigenvalue weighted by Crippen LogP contribution is -2.40. The number of nitrogens with two attached hydrogens (primary N) is 1. The normalized spacial score (nSPS) is 12.0. The Labute approximate surface area is 89.4 Å². The van der Waals surface area contributed by atoms with Crippen LogP contribution in [-0.4, -0.2) is 12.0 Å². The van der Waals surface area contributed by atoms with Crippen molar-refractivity contribution in [2.24, 2.45) is 5.84 Å². The van der Waals surface area contributed by atoms with E-state index < -0.39 is 6.10 Å². The number of hydrazine groups is 1. The average molecular weight is 208 g/mol. The zero-order chi connectivity index (χ0) is 11.4. The molecular weight excluding hydrogens is 192 g/mol. The maximum Gasteiger partial charge on any atom is 0.274 e. The van der Waals surface area contributed by atoms with Crippen molar-refractivity contribution < 1.29 is 9.53 Å². The molecule has 1 rings (SSSR count). The zero-order valence-corrected chi connectivity index (χ0v) is 9.20. The summed E-state index contributed by atoms with van der Waals surface area (Å²) >= 11 is 0. The van der Waals surface area contributed by atoms with Gasteiger partial charge in [0.05, 0.1) is 0 Å². The molecule has 0 heterocycles. The van der Waals surface area contributed by atoms with Gasteiger partial charge in [0.2, 0.25) is 0 Å². The lowest BCUT2D eigenvalue weighted by molar-refractivity contribution is -0.127. The maximum absolute atomic E-state index is 11.1. The molecule has 0 saturated carbocycles. The van der Waals surface area contributed by atoms with Gasteiger partial charge in [0.1, 0.15) is 5.75 Å². The fraction of sp³-hybridized carbons (Fsp3) is 0.364. The molecule has 15 heavy (non-hydrogen) atoms. The van der Waals surface area contributed by atoms with Crippen molar-refractivity contribution >= 4 is 5.91 Å². The van der Waals surface area contributed by atoms with Gasteiger partial charge in [0, 0.05) is 0 Å². The van der Waals surface area contributed by atoms with Gasteiger partial charge in [0.15, 0.2) is 6.10 Å². The molecule has 4 nitrogen and oxygen atoms in total. The van der Waals surface area contributed by atoms with Crippen LogP contribution in [0.5, 0.6) is 5.75 Å². The fourth-order valence-electron chi connectivity index (χ4n) is 1.16. The molecule has 82 valence electrons. The van der Waals surface area contributed by atoms with Crippen LogP contribution in [0.4, 0.5) is 0 Å². The number of hydrogen-bond donors (Lipinski definition) is 2. The quantitative estimate of drug-likeness (QED) is 0.443. The van der Waals surface area contributed by atoms with Crippen molar-refractivity contribution in [3.63, 3.8) is 0 Å². The molecule has 0 aliphatic heterocycles. The maximum atomic E-state index is 11.1. The molecule has 0 aliphatic rings. The minimum absolute atomic E-state index is 0.340. The molecule has 1 aromatic carbocycles. The van der Waals surface area contributed by atoms with E-state index in [0.717, 1.165) is 5.56 Å². The van der Waals surface area contributed by atoms with E-state index in [1.165, 1.54) is 5.56 Å². The summed E-state index contributed by atoms with van der Waals surface area (Å²) < 4.78 is 5.41. The predicted molar refractivity (Wildman–Crippen MR) is 58.3 cm³/mol. The van der Waals surface area contributed by atoms with Crippen molar-refractivity contribution in [1.82, 2.24) is 5.43 Å². The Morgan fingerprint density at radius 1 is 1.40 bits per heavy atom. The molecule has 0 fully saturated rings. The number of carbonyl (C=O) groups excluding carboxylic acids is 1. The number of amides is 1. The molecule has 0 spiro atoms. The first kappa shape index (κ1) is 11.5. The second-order valence-corrected chi connectivity index (χ2v) is 3.51. The Bertz CT molecular complexity index is 364. The van der Waals surface area contributed by atoms with Gasteiger partial charge in [-0.1, -0.05) is 6.07 Å². The van der Waals surface area contributed by atoms with Crippen molar-refractivity contribution in [2.45, 2.75) is 26.9 Å². The van der Waals surface area contributed by atoms with Gasteiger partial charge >= 0.3 is 0 Å². The molecule has 0 aliphatic carbocycles. The second-order valence-electron chi connectivity index (χ2n) is 3.51. The van der Waals surface area contributed by atoms with Crippen molar-refractivity contribution in [1.29, 1.82) is 0 Å². The lowest BCUT2D eigenvalue weighted by atomic mass is 10.1. The van der Waals surface area contributed by atoms with Crippen LogP contribution in [0.3, 0.4) is 0 Å². The minimum atomic E-state index is -0.586. The van der Waals surface area contributed by atoms with Crippen LogP contribution in [0.2, 0.25) is 0 Å². The van der Waals surface area contributed by atoms with Crippen LogP contribution in [0, 0.1) is 13.8 Å². The smallest absolute Gasteiger partial charge is 0.274 e. The second kappa shape index (κ2) is 4.79. The standard InChI is InChI=1S/C11H16N2O2/c1-7-4-5-10(6-8(7)2)15-9(3)11(14)13-12/h4-6,9H,12H2,1-3H3,(H,13,14)/t9-/m0/s1. The third-order valence-electron chi connectivity index (χ3n) is 2.30. The van der Waals surface area contributed by atoms with E-state index in [0.29, 0.717) is 5.75 Å². The summed E-state index contributed by atoms with van der Waals surface area (Å²) in [6.07, 6.45) is -0.586. The number of hydrogen-bond acceptors (Lipinski definition) is 3. The monoisotopic (exact) mass is 208 g/mol. The third kappa shape index (κ3) is 2.95. The molecule has 3 N–H and O–H groups in total. The molecule has 0 unspecified atom stereocenters. The van der Waals surface area contributed by atoms with Crippen LogP contribution < -0.4 is 16.0 Å². The van der Waals surface area contributed by atoms with Gasteiger partial charge in [-0.05, 0) is 44.0 Å². The number of benzene rings is 1. The number of nitrogens with one attached hydrogen (secondary N) is 1. The summed E-state index contributed by atoms with van der Waals surface area (Å²) in [5.74, 6) is 5.34. The Balaban J connectivity index is 2.73. The van der Waals surface area contributed by atoms with Gasteiger partial charge in [0.25, 0.3) is 5.91 Å². The van der Waals surface area contributed by atoms with Gasteiger partial charge in [-0.25, -0.2) is 5.84 Å². The molecule has 0 radical (unpaired) electrons. The van der Waals surface area contributed by atoms with Crippen molar-refractivity contribution in [3.8, 4) is 5.75 Å². The Hall–Kier alpha value is -1.55. The van der Waals surface area contributed by atoms with Crippen LogP contribution in [0.15, 0.2) is 18.2 Å². The highest BCUT2D eigenvalue weighted by molar-refractivity contribution is 5.80. The van der Waals surface area contributed by atoms with E-state index in [4.69, 9.17) is 10.6 Å². The van der Waals surface area contributed by atoms with E-state index in [9.17, 15) is 4.79 Å². The van der Waals surface area contributed by atoms with Gasteiger partial charge in [-0.2, -0.15) is 0 Å². The van der Waals surface area contributed by atoms with E-state index >= 15 is 0 Å². The van der Waals surface area contributed by atoms with Crippen LogP contribution in [-0.2, 0) is 4.79 Å². The molecule has 1 atom stereocenters. The first-order valence-electron chi connectivity index (χ1n) is 4.79. The summed E-state index contributed by atoms with van der Waals surface area (Å²) in [7, 11) is 0. The Morgan fingerprint density at radius 3 is 2.60 bits per heavy atom. The van der Waals surface area contributed by atoms with E-state index in [-0.39, 0.29) is 5.91 Å². The zero-order valence-electron chi connectivity index (χ0n) is 9.20. The van der Waals surface area contributed by atoms with Crippen LogP contribution >= 0.6 is 0 Å². The third-order valence-corrected chi connectivity index (χ3v) is 2.30. The predicted octanol–water partition coefficient (Wildman–Crippen LogP) is 1.06. The highest BCUT2D eigenvalue weighted by Crippen LogP contribution is 2.17. The van der Waals surface area contributed by atoms with Gasteiger partial charge in [-0.3, -0.25) is 10.2 Å². The number of carbonyl (C=O) groups is 1. The van der Waals surface area contributed by atoms with Crippen molar-refractivity contribution in [2.75, 3.05) is 0 Å². The first-order chi connectivity index (χ1) is 7.04. The van der Waals surface area contributed by atoms with Gasteiger partial charge in [-0.15, -0.1) is 0 Å². The molecule has 4 heteroatoms. The summed E-state index contributed by atoms with van der Waals surface area (Å²) in [6, 6.07) is 5.69. The molecule has 1 amide bonds. The van der Waals surface area contributed by atoms with E-state index in [1.807, 2.05) is 37.5 Å². The number of rotatable bonds is 3. The Kier molecular flexibility index (Phi) is 3.68. The molecular formula is C11H16N2O2. The SMILES string of the molecule is Cc1ccc(O[C@@H](C)C(=O)NN)cc1C. The molecule has 0 aromatic heterocycles. The highest BCUT2D eigenvalue weighted by atomic mass is 16.5. The van der Waals surface area contributed by atoms with Crippen molar-refractivity contribution in [3.05, 3.63) is 29.3 Å². The summed E-state index contributed by atoms with van der Waals surface area (Å²) in [4.78, 5) is 11.1.